The molecule has 1 atom stereocenters. The van der Waals surface area contributed by atoms with E-state index >= 15 is 0 Å². The lowest BCUT2D eigenvalue weighted by molar-refractivity contribution is -0.134. The van der Waals surface area contributed by atoms with Gasteiger partial charge in [0.1, 0.15) is 0 Å². The van der Waals surface area contributed by atoms with Crippen molar-refractivity contribution >= 4 is 11.9 Å². The number of aliphatic hydroxyl groups is 1. The number of carboxylic acid groups (broad SMARTS) is 2. The summed E-state index contributed by atoms with van der Waals surface area (Å²) in [6.45, 7) is 2.56. The predicted molar refractivity (Wildman–Crippen MR) is 54.1 cm³/mol. The van der Waals surface area contributed by atoms with Gasteiger partial charge >= 0.3 is 11.9 Å². The molecule has 4 N–H and O–H groups in total. The molecule has 0 bridgehead atoms. The van der Waals surface area contributed by atoms with E-state index in [4.69, 9.17) is 20.1 Å². The first kappa shape index (κ1) is 14.6. The number of carboxylic acids is 2. The van der Waals surface area contributed by atoms with Crippen molar-refractivity contribution in [2.75, 3.05) is 26.3 Å². The summed E-state index contributed by atoms with van der Waals surface area (Å²) in [6, 6.07) is 0. The van der Waals surface area contributed by atoms with Gasteiger partial charge in [0.25, 0.3) is 0 Å². The van der Waals surface area contributed by atoms with E-state index in [1.807, 2.05) is 0 Å². The fourth-order valence-corrected chi connectivity index (χ4v) is 0.880. The Kier molecular flexibility index (Phi) is 8.04. The molecule has 7 nitrogen and oxygen atoms in total. The summed E-state index contributed by atoms with van der Waals surface area (Å²) in [6.07, 6.45) is 1.15. The molecule has 0 aromatic carbocycles. The molecule has 1 heterocycles. The largest absolute Gasteiger partial charge is 0.478 e. The molecule has 92 valence electrons. The molecule has 1 aliphatic heterocycles. The van der Waals surface area contributed by atoms with E-state index in [0.717, 1.165) is 19.7 Å². The highest BCUT2D eigenvalue weighted by molar-refractivity contribution is 5.89. The summed E-state index contributed by atoms with van der Waals surface area (Å²) in [7, 11) is 0. The first-order chi connectivity index (χ1) is 7.56. The van der Waals surface area contributed by atoms with E-state index < -0.39 is 11.9 Å². The van der Waals surface area contributed by atoms with Crippen LogP contribution in [0.25, 0.3) is 0 Å². The van der Waals surface area contributed by atoms with E-state index in [9.17, 15) is 9.59 Å². The van der Waals surface area contributed by atoms with Crippen molar-refractivity contribution in [1.29, 1.82) is 0 Å². The zero-order valence-electron chi connectivity index (χ0n) is 8.63. The van der Waals surface area contributed by atoms with Crippen molar-refractivity contribution in [2.45, 2.75) is 6.10 Å². The summed E-state index contributed by atoms with van der Waals surface area (Å²) in [5.41, 5.74) is 0. The third-order valence-electron chi connectivity index (χ3n) is 1.58. The van der Waals surface area contributed by atoms with Crippen LogP contribution in [0.3, 0.4) is 0 Å². The molecule has 0 amide bonds. The van der Waals surface area contributed by atoms with Crippen LogP contribution in [0.5, 0.6) is 0 Å². The molecular formula is C9H15NO6. The number of rotatable bonds is 3. The van der Waals surface area contributed by atoms with Crippen LogP contribution in [0, 0.1) is 0 Å². The SMILES string of the molecule is O=C(O)C=CC(=O)O.OCC1CNCCO1. The maximum absolute atomic E-state index is 9.55. The second-order valence-electron chi connectivity index (χ2n) is 2.89. The molecule has 0 saturated carbocycles. The van der Waals surface area contributed by atoms with Crippen LogP contribution < -0.4 is 5.32 Å². The highest BCUT2D eigenvalue weighted by Gasteiger charge is 2.10. The summed E-state index contributed by atoms with van der Waals surface area (Å²) < 4.78 is 5.11. The lowest BCUT2D eigenvalue weighted by Crippen LogP contribution is -2.40. The van der Waals surface area contributed by atoms with Crippen molar-refractivity contribution in [3.8, 4) is 0 Å². The van der Waals surface area contributed by atoms with Crippen molar-refractivity contribution < 1.29 is 29.6 Å². The molecule has 0 spiro atoms. The number of carbonyl (C=O) groups is 2. The molecule has 1 unspecified atom stereocenters. The highest BCUT2D eigenvalue weighted by atomic mass is 16.5. The second-order valence-corrected chi connectivity index (χ2v) is 2.89. The van der Waals surface area contributed by atoms with Crippen LogP contribution in [-0.2, 0) is 14.3 Å². The third-order valence-corrected chi connectivity index (χ3v) is 1.58. The van der Waals surface area contributed by atoms with Gasteiger partial charge < -0.3 is 25.4 Å². The predicted octanol–water partition coefficient (Wildman–Crippen LogP) is -1.32. The van der Waals surface area contributed by atoms with Crippen molar-refractivity contribution in [3.05, 3.63) is 12.2 Å². The number of hydrogen-bond donors (Lipinski definition) is 4. The van der Waals surface area contributed by atoms with E-state index in [1.54, 1.807) is 0 Å². The first-order valence-electron chi connectivity index (χ1n) is 4.63. The number of aliphatic carboxylic acids is 2. The molecule has 16 heavy (non-hydrogen) atoms. The van der Waals surface area contributed by atoms with Gasteiger partial charge in [-0.1, -0.05) is 0 Å². The molecule has 1 fully saturated rings. The van der Waals surface area contributed by atoms with Crippen LogP contribution in [-0.4, -0.2) is 59.7 Å². The van der Waals surface area contributed by atoms with Crippen molar-refractivity contribution in [1.82, 2.24) is 5.32 Å². The fraction of sp³-hybridized carbons (Fsp3) is 0.556. The summed E-state index contributed by atoms with van der Waals surface area (Å²) in [5.74, 6) is -2.51. The Bertz CT molecular complexity index is 230. The molecule has 0 aliphatic carbocycles. The Morgan fingerprint density at radius 2 is 1.88 bits per heavy atom. The Balaban J connectivity index is 0.000000281. The Morgan fingerprint density at radius 3 is 2.12 bits per heavy atom. The van der Waals surface area contributed by atoms with Crippen LogP contribution in [0.2, 0.25) is 0 Å². The van der Waals surface area contributed by atoms with Crippen LogP contribution in [0.1, 0.15) is 0 Å². The monoisotopic (exact) mass is 233 g/mol. The number of aliphatic hydroxyl groups excluding tert-OH is 1. The molecule has 0 radical (unpaired) electrons. The summed E-state index contributed by atoms with van der Waals surface area (Å²) in [5, 5.41) is 27.3. The number of nitrogens with one attached hydrogen (secondary N) is 1. The lowest BCUT2D eigenvalue weighted by atomic mass is 10.3. The number of morpholine rings is 1. The molecular weight excluding hydrogens is 218 g/mol. The minimum atomic E-state index is -1.26. The zero-order valence-corrected chi connectivity index (χ0v) is 8.63. The molecule has 1 rings (SSSR count). The lowest BCUT2D eigenvalue weighted by Gasteiger charge is -2.21. The standard InChI is InChI=1S/C5H11NO2.C4H4O4/c7-4-5-3-6-1-2-8-5;5-3(6)1-2-4(7)8/h5-7H,1-4H2;1-2H,(H,5,6)(H,7,8). The molecule has 0 aromatic heterocycles. The van der Waals surface area contributed by atoms with Crippen LogP contribution in [0.15, 0.2) is 12.2 Å². The normalized spacial score (nSPS) is 19.9. The average molecular weight is 233 g/mol. The Morgan fingerprint density at radius 1 is 1.31 bits per heavy atom. The molecule has 1 aliphatic rings. The van der Waals surface area contributed by atoms with Gasteiger partial charge in [-0.2, -0.15) is 0 Å². The van der Waals surface area contributed by atoms with E-state index in [-0.39, 0.29) is 12.7 Å². The van der Waals surface area contributed by atoms with Gasteiger partial charge in [0.15, 0.2) is 0 Å². The van der Waals surface area contributed by atoms with Gasteiger partial charge in [-0.25, -0.2) is 9.59 Å². The second kappa shape index (κ2) is 8.84. The Labute approximate surface area is 92.3 Å². The van der Waals surface area contributed by atoms with Gasteiger partial charge in [-0.05, 0) is 0 Å². The smallest absolute Gasteiger partial charge is 0.328 e. The van der Waals surface area contributed by atoms with E-state index in [0.29, 0.717) is 12.2 Å². The first-order valence-corrected chi connectivity index (χ1v) is 4.63. The zero-order chi connectivity index (χ0) is 12.4. The number of ether oxygens (including phenoxy) is 1. The van der Waals surface area contributed by atoms with Gasteiger partial charge in [-0.3, -0.25) is 0 Å². The van der Waals surface area contributed by atoms with Crippen molar-refractivity contribution in [2.24, 2.45) is 0 Å². The minimum absolute atomic E-state index is 0.0312. The van der Waals surface area contributed by atoms with E-state index in [2.05, 4.69) is 5.32 Å². The van der Waals surface area contributed by atoms with Crippen molar-refractivity contribution in [3.63, 3.8) is 0 Å². The minimum Gasteiger partial charge on any atom is -0.478 e. The third kappa shape index (κ3) is 9.13. The van der Waals surface area contributed by atoms with Crippen LogP contribution >= 0.6 is 0 Å². The van der Waals surface area contributed by atoms with Crippen LogP contribution in [0.4, 0.5) is 0 Å². The molecule has 1 saturated heterocycles. The fourth-order valence-electron chi connectivity index (χ4n) is 0.880. The summed E-state index contributed by atoms with van der Waals surface area (Å²) >= 11 is 0. The maximum atomic E-state index is 9.55. The highest BCUT2D eigenvalue weighted by Crippen LogP contribution is 1.92. The maximum Gasteiger partial charge on any atom is 0.328 e. The molecule has 0 aromatic rings. The average Bonchev–Trinajstić information content (AvgIpc) is 2.28. The summed E-state index contributed by atoms with van der Waals surface area (Å²) in [4.78, 5) is 19.1. The van der Waals surface area contributed by atoms with Gasteiger partial charge in [0, 0.05) is 25.2 Å². The van der Waals surface area contributed by atoms with E-state index in [1.165, 1.54) is 0 Å². The quantitative estimate of drug-likeness (QED) is 0.447. The topological polar surface area (TPSA) is 116 Å². The van der Waals surface area contributed by atoms with Gasteiger partial charge in [0.2, 0.25) is 0 Å². The molecule has 7 heteroatoms. The Hall–Kier alpha value is -1.44. The number of hydrogen-bond acceptors (Lipinski definition) is 5. The van der Waals surface area contributed by atoms with Gasteiger partial charge in [-0.15, -0.1) is 0 Å². The van der Waals surface area contributed by atoms with Gasteiger partial charge in [0.05, 0.1) is 19.3 Å².